The maximum Gasteiger partial charge on any atom is 0.224 e. The van der Waals surface area contributed by atoms with E-state index in [1.165, 1.54) is 12.1 Å². The van der Waals surface area contributed by atoms with Gasteiger partial charge in [0.15, 0.2) is 5.96 Å². The lowest BCUT2D eigenvalue weighted by Crippen LogP contribution is -2.42. The van der Waals surface area contributed by atoms with Gasteiger partial charge in [0.2, 0.25) is 5.91 Å². The van der Waals surface area contributed by atoms with Crippen LogP contribution in [0.2, 0.25) is 0 Å². The number of guanidine groups is 1. The predicted octanol–water partition coefficient (Wildman–Crippen LogP) is 1.69. The molecule has 0 unspecified atom stereocenters. The van der Waals surface area contributed by atoms with Crippen molar-refractivity contribution in [2.24, 2.45) is 4.99 Å². The van der Waals surface area contributed by atoms with Crippen molar-refractivity contribution in [3.05, 3.63) is 35.6 Å². The van der Waals surface area contributed by atoms with E-state index in [4.69, 9.17) is 4.74 Å². The molecular formula is C17H28FIN4O2. The van der Waals surface area contributed by atoms with Gasteiger partial charge in [0, 0.05) is 39.9 Å². The molecule has 0 fully saturated rings. The second-order valence-corrected chi connectivity index (χ2v) is 5.13. The summed E-state index contributed by atoms with van der Waals surface area (Å²) in [4.78, 5) is 15.9. The minimum atomic E-state index is -0.302. The van der Waals surface area contributed by atoms with E-state index in [9.17, 15) is 9.18 Å². The van der Waals surface area contributed by atoms with Crippen molar-refractivity contribution in [3.8, 4) is 0 Å². The number of amides is 1. The Morgan fingerprint density at radius 2 is 1.76 bits per heavy atom. The third-order valence-corrected chi connectivity index (χ3v) is 3.20. The monoisotopic (exact) mass is 466 g/mol. The van der Waals surface area contributed by atoms with Crippen LogP contribution in [0.5, 0.6) is 0 Å². The molecule has 3 N–H and O–H groups in total. The van der Waals surface area contributed by atoms with Gasteiger partial charge in [0.05, 0.1) is 6.42 Å². The van der Waals surface area contributed by atoms with Crippen LogP contribution in [-0.2, 0) is 16.0 Å². The fraction of sp³-hybridized carbons (Fsp3) is 0.529. The van der Waals surface area contributed by atoms with Crippen molar-refractivity contribution < 1.29 is 13.9 Å². The average Bonchev–Trinajstić information content (AvgIpc) is 2.58. The minimum absolute atomic E-state index is 0. The van der Waals surface area contributed by atoms with Gasteiger partial charge in [0.25, 0.3) is 0 Å². The van der Waals surface area contributed by atoms with Crippen LogP contribution in [0.3, 0.4) is 0 Å². The van der Waals surface area contributed by atoms with Crippen LogP contribution in [0, 0.1) is 5.82 Å². The zero-order valence-electron chi connectivity index (χ0n) is 14.8. The molecule has 142 valence electrons. The molecule has 0 aromatic heterocycles. The fourth-order valence-corrected chi connectivity index (χ4v) is 1.98. The normalized spacial score (nSPS) is 10.8. The number of carbonyl (C=O) groups excluding carboxylic acids is 1. The summed E-state index contributed by atoms with van der Waals surface area (Å²) in [6, 6.07) is 5.93. The molecule has 0 aliphatic rings. The molecule has 6 nitrogen and oxygen atoms in total. The highest BCUT2D eigenvalue weighted by Gasteiger charge is 2.03. The molecule has 25 heavy (non-hydrogen) atoms. The third-order valence-electron chi connectivity index (χ3n) is 3.20. The van der Waals surface area contributed by atoms with Gasteiger partial charge in [-0.15, -0.1) is 24.0 Å². The van der Waals surface area contributed by atoms with E-state index >= 15 is 0 Å². The van der Waals surface area contributed by atoms with E-state index in [-0.39, 0.29) is 42.1 Å². The summed E-state index contributed by atoms with van der Waals surface area (Å²) >= 11 is 0. The van der Waals surface area contributed by atoms with Gasteiger partial charge in [0.1, 0.15) is 5.82 Å². The van der Waals surface area contributed by atoms with Crippen LogP contribution >= 0.6 is 24.0 Å². The van der Waals surface area contributed by atoms with Crippen LogP contribution in [-0.4, -0.2) is 51.8 Å². The summed E-state index contributed by atoms with van der Waals surface area (Å²) in [5.41, 5.74) is 0.786. The maximum atomic E-state index is 12.8. The number of nitrogens with one attached hydrogen (secondary N) is 3. The van der Waals surface area contributed by atoms with Gasteiger partial charge in [-0.2, -0.15) is 0 Å². The summed E-state index contributed by atoms with van der Waals surface area (Å²) in [7, 11) is 1.70. The number of aliphatic imine (C=N–C) groups is 1. The molecule has 1 aromatic carbocycles. The molecule has 0 radical (unpaired) electrons. The van der Waals surface area contributed by atoms with Crippen LogP contribution in [0.4, 0.5) is 4.39 Å². The summed E-state index contributed by atoms with van der Waals surface area (Å²) in [5, 5.41) is 9.10. The molecule has 0 aliphatic carbocycles. The first kappa shape index (κ1) is 23.6. The van der Waals surface area contributed by atoms with Gasteiger partial charge in [-0.1, -0.05) is 12.1 Å². The molecule has 1 aromatic rings. The van der Waals surface area contributed by atoms with Crippen molar-refractivity contribution in [1.82, 2.24) is 16.0 Å². The Kier molecular flexibility index (Phi) is 14.0. The highest BCUT2D eigenvalue weighted by molar-refractivity contribution is 14.0. The zero-order chi connectivity index (χ0) is 17.6. The topological polar surface area (TPSA) is 74.8 Å². The zero-order valence-corrected chi connectivity index (χ0v) is 17.1. The van der Waals surface area contributed by atoms with E-state index in [2.05, 4.69) is 20.9 Å². The van der Waals surface area contributed by atoms with Crippen molar-refractivity contribution in [3.63, 3.8) is 0 Å². The highest BCUT2D eigenvalue weighted by Crippen LogP contribution is 2.03. The van der Waals surface area contributed by atoms with E-state index in [0.29, 0.717) is 19.0 Å². The second-order valence-electron chi connectivity index (χ2n) is 5.13. The van der Waals surface area contributed by atoms with Gasteiger partial charge in [-0.25, -0.2) is 4.39 Å². The lowest BCUT2D eigenvalue weighted by molar-refractivity contribution is -0.120. The molecule has 0 atom stereocenters. The maximum absolute atomic E-state index is 12.8. The summed E-state index contributed by atoms with van der Waals surface area (Å²) in [6.07, 6.45) is 1.15. The van der Waals surface area contributed by atoms with Crippen molar-refractivity contribution in [2.45, 2.75) is 19.8 Å². The largest absolute Gasteiger partial charge is 0.382 e. The van der Waals surface area contributed by atoms with Crippen molar-refractivity contribution in [1.29, 1.82) is 0 Å². The van der Waals surface area contributed by atoms with Crippen molar-refractivity contribution >= 4 is 35.8 Å². The number of ether oxygens (including phenoxy) is 1. The first-order valence-electron chi connectivity index (χ1n) is 8.19. The molecule has 0 saturated carbocycles. The smallest absolute Gasteiger partial charge is 0.224 e. The Morgan fingerprint density at radius 1 is 1.12 bits per heavy atom. The third kappa shape index (κ3) is 11.7. The molecule has 1 rings (SSSR count). The molecule has 0 spiro atoms. The first-order chi connectivity index (χ1) is 11.7. The van der Waals surface area contributed by atoms with E-state index in [1.807, 2.05) is 6.92 Å². The molecule has 0 bridgehead atoms. The SMILES string of the molecule is CCOCCCNC(=NC)NCCNC(=O)Cc1ccc(F)cc1.I. The van der Waals surface area contributed by atoms with Crippen LogP contribution < -0.4 is 16.0 Å². The van der Waals surface area contributed by atoms with Gasteiger partial charge in [-0.05, 0) is 31.0 Å². The Bertz CT molecular complexity index is 512. The van der Waals surface area contributed by atoms with E-state index in [0.717, 1.165) is 31.7 Å². The second kappa shape index (κ2) is 14.9. The van der Waals surface area contributed by atoms with Gasteiger partial charge < -0.3 is 20.7 Å². The molecule has 0 heterocycles. The number of benzene rings is 1. The number of halogens is 2. The molecule has 0 saturated heterocycles. The average molecular weight is 466 g/mol. The quantitative estimate of drug-likeness (QED) is 0.213. The number of carbonyl (C=O) groups is 1. The van der Waals surface area contributed by atoms with Crippen molar-refractivity contribution in [2.75, 3.05) is 39.9 Å². The lowest BCUT2D eigenvalue weighted by atomic mass is 10.1. The summed E-state index contributed by atoms with van der Waals surface area (Å²) < 4.78 is 18.1. The highest BCUT2D eigenvalue weighted by atomic mass is 127. The van der Waals surface area contributed by atoms with Gasteiger partial charge in [-0.3, -0.25) is 9.79 Å². The predicted molar refractivity (Wildman–Crippen MR) is 109 cm³/mol. The van der Waals surface area contributed by atoms with E-state index < -0.39 is 0 Å². The van der Waals surface area contributed by atoms with Crippen LogP contribution in [0.1, 0.15) is 18.9 Å². The Balaban J connectivity index is 0.00000576. The number of hydrogen-bond acceptors (Lipinski definition) is 3. The lowest BCUT2D eigenvalue weighted by Gasteiger charge is -2.12. The fourth-order valence-electron chi connectivity index (χ4n) is 1.98. The summed E-state index contributed by atoms with van der Waals surface area (Å²) in [5.74, 6) is 0.297. The molecule has 0 aliphatic heterocycles. The molecule has 1 amide bonds. The van der Waals surface area contributed by atoms with Crippen LogP contribution in [0.25, 0.3) is 0 Å². The Labute approximate surface area is 166 Å². The summed E-state index contributed by atoms with van der Waals surface area (Å²) in [6.45, 7) is 5.25. The minimum Gasteiger partial charge on any atom is -0.382 e. The standard InChI is InChI=1S/C17H27FN4O2.HI/c1-3-24-12-4-9-21-17(19-2)22-11-10-20-16(23)13-14-5-7-15(18)8-6-14;/h5-8H,3-4,9-13H2,1-2H3,(H,20,23)(H2,19,21,22);1H. The molecular weight excluding hydrogens is 438 g/mol. The van der Waals surface area contributed by atoms with Gasteiger partial charge >= 0.3 is 0 Å². The molecule has 8 heteroatoms. The number of hydrogen-bond donors (Lipinski definition) is 3. The Hall–Kier alpha value is -1.42. The number of nitrogens with zero attached hydrogens (tertiary/aromatic N) is 1. The van der Waals surface area contributed by atoms with E-state index in [1.54, 1.807) is 19.2 Å². The first-order valence-corrected chi connectivity index (χ1v) is 8.19. The number of rotatable bonds is 10. The Morgan fingerprint density at radius 3 is 2.40 bits per heavy atom. The van der Waals surface area contributed by atoms with Crippen LogP contribution in [0.15, 0.2) is 29.3 Å².